The van der Waals surface area contributed by atoms with E-state index in [-0.39, 0.29) is 23.3 Å². The second-order valence-corrected chi connectivity index (χ2v) is 7.33. The molecular formula is C14H22N8O2S2. The molecule has 0 radical (unpaired) electrons. The minimum Gasteiger partial charge on any atom is -0.360 e. The second-order valence-electron chi connectivity index (χ2n) is 6.51. The van der Waals surface area contributed by atoms with E-state index in [2.05, 4.69) is 32.1 Å². The molecule has 0 aliphatic carbocycles. The van der Waals surface area contributed by atoms with Crippen LogP contribution in [0.25, 0.3) is 0 Å². The van der Waals surface area contributed by atoms with Crippen molar-refractivity contribution in [1.82, 2.24) is 32.1 Å². The van der Waals surface area contributed by atoms with Crippen LogP contribution in [-0.2, 0) is 9.59 Å². The van der Waals surface area contributed by atoms with Gasteiger partial charge in [0.1, 0.15) is 0 Å². The number of hydrogen-bond donors (Lipinski definition) is 6. The average Bonchev–Trinajstić information content (AvgIpc) is 2.56. The van der Waals surface area contributed by atoms with Crippen LogP contribution in [0.3, 0.4) is 0 Å². The minimum absolute atomic E-state index is 0.188. The maximum atomic E-state index is 11.7. The molecule has 142 valence electrons. The standard InChI is InChI=1S/C14H22N8O2S2/c1-13(2,9(23)19-7-15)5-17-11(25)21-22-12(26)18-6-14(3,4)10(24)20-8-16/h5-6H2,1-4H3,(H,19,23)(H,20,24)(H2,17,21,25)(H2,18,22,26). The zero-order chi connectivity index (χ0) is 20.4. The van der Waals surface area contributed by atoms with E-state index < -0.39 is 22.6 Å². The number of carbonyl (C=O) groups excluding carboxylic acids is 2. The first-order valence-electron chi connectivity index (χ1n) is 7.43. The second kappa shape index (κ2) is 10.3. The molecule has 0 atom stereocenters. The summed E-state index contributed by atoms with van der Waals surface area (Å²) in [4.78, 5) is 23.4. The van der Waals surface area contributed by atoms with Crippen LogP contribution in [0.2, 0.25) is 0 Å². The molecule has 12 heteroatoms. The molecule has 0 aromatic carbocycles. The highest BCUT2D eigenvalue weighted by molar-refractivity contribution is 7.80. The Morgan fingerprint density at radius 3 is 1.38 bits per heavy atom. The lowest BCUT2D eigenvalue weighted by Crippen LogP contribution is -2.54. The van der Waals surface area contributed by atoms with Crippen molar-refractivity contribution in [3.63, 3.8) is 0 Å². The summed E-state index contributed by atoms with van der Waals surface area (Å²) in [5.74, 6) is -0.864. The largest absolute Gasteiger partial charge is 0.360 e. The Balaban J connectivity index is 4.26. The summed E-state index contributed by atoms with van der Waals surface area (Å²) >= 11 is 10.1. The van der Waals surface area contributed by atoms with Crippen molar-refractivity contribution < 1.29 is 9.59 Å². The first kappa shape index (κ1) is 23.3. The Morgan fingerprint density at radius 1 is 0.808 bits per heavy atom. The molecule has 0 aliphatic rings. The summed E-state index contributed by atoms with van der Waals surface area (Å²) < 4.78 is 0. The van der Waals surface area contributed by atoms with E-state index >= 15 is 0 Å². The van der Waals surface area contributed by atoms with Gasteiger partial charge in [0.05, 0.1) is 10.8 Å². The molecule has 0 saturated carbocycles. The number of nitriles is 2. The summed E-state index contributed by atoms with van der Waals surface area (Å²) in [7, 11) is 0. The lowest BCUT2D eigenvalue weighted by molar-refractivity contribution is -0.128. The Kier molecular flexibility index (Phi) is 9.25. The zero-order valence-corrected chi connectivity index (χ0v) is 16.6. The first-order chi connectivity index (χ1) is 12.0. The molecule has 0 saturated heterocycles. The summed E-state index contributed by atoms with van der Waals surface area (Å²) in [6.07, 6.45) is 3.17. The average molecular weight is 399 g/mol. The van der Waals surface area contributed by atoms with Crippen LogP contribution in [0, 0.1) is 33.7 Å². The minimum atomic E-state index is -0.849. The number of amides is 2. The molecule has 0 aromatic rings. The van der Waals surface area contributed by atoms with E-state index in [4.69, 9.17) is 35.0 Å². The predicted octanol–water partition coefficient (Wildman–Crippen LogP) is -0.923. The molecule has 26 heavy (non-hydrogen) atoms. The number of nitrogens with one attached hydrogen (secondary N) is 6. The maximum absolute atomic E-state index is 11.7. The van der Waals surface area contributed by atoms with Gasteiger partial charge in [-0.2, -0.15) is 10.5 Å². The number of nitrogens with zero attached hydrogens (tertiary/aromatic N) is 2. The zero-order valence-electron chi connectivity index (χ0n) is 14.9. The molecule has 0 spiro atoms. The lowest BCUT2D eigenvalue weighted by atomic mass is 9.92. The third-order valence-electron chi connectivity index (χ3n) is 3.24. The Hall–Kier alpha value is -2.70. The molecule has 6 N–H and O–H groups in total. The third-order valence-corrected chi connectivity index (χ3v) is 3.73. The van der Waals surface area contributed by atoms with Crippen molar-refractivity contribution >= 4 is 46.5 Å². The fraction of sp³-hybridized carbons (Fsp3) is 0.571. The Bertz CT molecular complexity index is 592. The smallest absolute Gasteiger partial charge is 0.240 e. The molecule has 0 unspecified atom stereocenters. The Labute approximate surface area is 163 Å². The Morgan fingerprint density at radius 2 is 1.12 bits per heavy atom. The van der Waals surface area contributed by atoms with Crippen LogP contribution < -0.4 is 32.1 Å². The van der Waals surface area contributed by atoms with Gasteiger partial charge in [-0.05, 0) is 52.1 Å². The lowest BCUT2D eigenvalue weighted by Gasteiger charge is -2.24. The van der Waals surface area contributed by atoms with Crippen LogP contribution in [0.1, 0.15) is 27.7 Å². The molecule has 0 rings (SSSR count). The van der Waals surface area contributed by atoms with Gasteiger partial charge in [-0.15, -0.1) is 0 Å². The number of carbonyl (C=O) groups is 2. The van der Waals surface area contributed by atoms with Gasteiger partial charge >= 0.3 is 0 Å². The quantitative estimate of drug-likeness (QED) is 0.143. The highest BCUT2D eigenvalue weighted by Crippen LogP contribution is 2.13. The molecule has 0 bridgehead atoms. The van der Waals surface area contributed by atoms with Crippen LogP contribution in [-0.4, -0.2) is 35.1 Å². The van der Waals surface area contributed by atoms with Gasteiger partial charge in [-0.1, -0.05) is 0 Å². The molecule has 10 nitrogen and oxygen atoms in total. The highest BCUT2D eigenvalue weighted by Gasteiger charge is 2.28. The van der Waals surface area contributed by atoms with Gasteiger partial charge in [-0.25, -0.2) is 0 Å². The molecule has 0 heterocycles. The van der Waals surface area contributed by atoms with Gasteiger partial charge in [-0.3, -0.25) is 31.1 Å². The summed E-state index contributed by atoms with van der Waals surface area (Å²) in [6.45, 7) is 7.00. The van der Waals surface area contributed by atoms with Crippen molar-refractivity contribution in [3.8, 4) is 12.4 Å². The summed E-state index contributed by atoms with van der Waals surface area (Å²) in [5, 5.41) is 27.1. The van der Waals surface area contributed by atoms with E-state index in [1.807, 2.05) is 0 Å². The van der Waals surface area contributed by atoms with Crippen LogP contribution >= 0.6 is 24.4 Å². The van der Waals surface area contributed by atoms with Gasteiger partial charge < -0.3 is 10.6 Å². The molecule has 2 amide bonds. The first-order valence-corrected chi connectivity index (χ1v) is 8.24. The van der Waals surface area contributed by atoms with Crippen molar-refractivity contribution in [2.45, 2.75) is 27.7 Å². The van der Waals surface area contributed by atoms with Crippen molar-refractivity contribution in [3.05, 3.63) is 0 Å². The van der Waals surface area contributed by atoms with Gasteiger partial charge in [0.15, 0.2) is 22.6 Å². The van der Waals surface area contributed by atoms with E-state index in [1.54, 1.807) is 40.1 Å². The maximum Gasteiger partial charge on any atom is 0.240 e. The van der Waals surface area contributed by atoms with E-state index in [1.165, 1.54) is 0 Å². The van der Waals surface area contributed by atoms with Crippen molar-refractivity contribution in [2.75, 3.05) is 13.1 Å². The fourth-order valence-corrected chi connectivity index (χ4v) is 1.65. The van der Waals surface area contributed by atoms with E-state index in [0.717, 1.165) is 0 Å². The van der Waals surface area contributed by atoms with Crippen LogP contribution in [0.5, 0.6) is 0 Å². The third kappa shape index (κ3) is 8.41. The number of thiocarbonyl (C=S) groups is 2. The van der Waals surface area contributed by atoms with Crippen molar-refractivity contribution in [2.24, 2.45) is 10.8 Å². The molecular weight excluding hydrogens is 376 g/mol. The molecule has 0 fully saturated rings. The van der Waals surface area contributed by atoms with Crippen LogP contribution in [0.15, 0.2) is 0 Å². The van der Waals surface area contributed by atoms with Gasteiger partial charge in [0.2, 0.25) is 11.8 Å². The summed E-state index contributed by atoms with van der Waals surface area (Å²) in [6, 6.07) is 0. The molecule has 0 aliphatic heterocycles. The van der Waals surface area contributed by atoms with Gasteiger partial charge in [0.25, 0.3) is 0 Å². The van der Waals surface area contributed by atoms with E-state index in [9.17, 15) is 9.59 Å². The van der Waals surface area contributed by atoms with Gasteiger partial charge in [0, 0.05) is 13.1 Å². The summed E-state index contributed by atoms with van der Waals surface area (Å²) in [5.41, 5.74) is 3.57. The normalized spacial score (nSPS) is 10.4. The molecule has 0 aromatic heterocycles. The highest BCUT2D eigenvalue weighted by atomic mass is 32.1. The SMILES string of the molecule is CC(C)(CNC(=S)NNC(=S)NCC(C)(C)C(=O)NC#N)C(=O)NC#N. The fourth-order valence-electron chi connectivity index (χ4n) is 1.40. The predicted molar refractivity (Wildman–Crippen MR) is 103 cm³/mol. The van der Waals surface area contributed by atoms with Crippen molar-refractivity contribution in [1.29, 1.82) is 10.5 Å². The van der Waals surface area contributed by atoms with E-state index in [0.29, 0.717) is 0 Å². The topological polar surface area (TPSA) is 154 Å². The monoisotopic (exact) mass is 398 g/mol. The number of rotatable bonds is 6. The number of hydrazine groups is 1. The van der Waals surface area contributed by atoms with Crippen LogP contribution in [0.4, 0.5) is 0 Å². The number of hydrogen-bond acceptors (Lipinski definition) is 6.